The lowest BCUT2D eigenvalue weighted by atomic mass is 10.1. The summed E-state index contributed by atoms with van der Waals surface area (Å²) < 4.78 is 0. The molecule has 2 rings (SSSR count). The molecule has 0 fully saturated rings. The van der Waals surface area contributed by atoms with Crippen LogP contribution in [0.15, 0.2) is 23.8 Å². The molecule has 0 bridgehead atoms. The van der Waals surface area contributed by atoms with E-state index < -0.39 is 0 Å². The Bertz CT molecular complexity index is 422. The molecule has 2 heterocycles. The molecule has 1 atom stereocenters. The Morgan fingerprint density at radius 3 is 2.81 bits per heavy atom. The van der Waals surface area contributed by atoms with Crippen molar-refractivity contribution in [1.82, 2.24) is 10.4 Å². The Hall–Kier alpha value is -0.750. The average molecular weight is 253 g/mol. The normalized spacial score (nSPS) is 12.9. The van der Waals surface area contributed by atoms with Crippen molar-refractivity contribution in [3.8, 4) is 0 Å². The predicted molar refractivity (Wildman–Crippen MR) is 69.6 cm³/mol. The van der Waals surface area contributed by atoms with Gasteiger partial charge < -0.3 is 0 Å². The molecule has 86 valence electrons. The van der Waals surface area contributed by atoms with Crippen molar-refractivity contribution in [2.24, 2.45) is 5.84 Å². The fourth-order valence-corrected chi connectivity index (χ4v) is 3.25. The number of thiazole rings is 1. The number of aryl methyl sites for hydroxylation is 1. The highest BCUT2D eigenvalue weighted by Gasteiger charge is 2.13. The van der Waals surface area contributed by atoms with Crippen molar-refractivity contribution in [3.63, 3.8) is 0 Å². The molecule has 0 saturated carbocycles. The molecule has 0 spiro atoms. The zero-order valence-corrected chi connectivity index (χ0v) is 10.8. The number of hydrazine groups is 1. The summed E-state index contributed by atoms with van der Waals surface area (Å²) in [5.41, 5.74) is 4.70. The second-order valence-corrected chi connectivity index (χ2v) is 5.72. The third-order valence-electron chi connectivity index (χ3n) is 2.47. The van der Waals surface area contributed by atoms with E-state index >= 15 is 0 Å². The summed E-state index contributed by atoms with van der Waals surface area (Å²) in [6.45, 7) is 2.18. The first-order valence-electron chi connectivity index (χ1n) is 5.25. The van der Waals surface area contributed by atoms with Crippen LogP contribution in [-0.4, -0.2) is 4.98 Å². The lowest BCUT2D eigenvalue weighted by molar-refractivity contribution is 0.563. The molecular formula is C11H15N3S2. The molecule has 0 aliphatic rings. The van der Waals surface area contributed by atoms with Gasteiger partial charge in [-0.05, 0) is 18.6 Å². The van der Waals surface area contributed by atoms with Crippen molar-refractivity contribution < 1.29 is 0 Å². The topological polar surface area (TPSA) is 50.9 Å². The van der Waals surface area contributed by atoms with Gasteiger partial charge in [-0.1, -0.05) is 6.92 Å². The monoisotopic (exact) mass is 253 g/mol. The molecule has 3 nitrogen and oxygen atoms in total. The quantitative estimate of drug-likeness (QED) is 0.636. The van der Waals surface area contributed by atoms with E-state index in [2.05, 4.69) is 29.5 Å². The van der Waals surface area contributed by atoms with Crippen LogP contribution in [0.3, 0.4) is 0 Å². The maximum Gasteiger partial charge on any atom is 0.0794 e. The number of nitrogens with zero attached hydrogens (tertiary/aromatic N) is 1. The van der Waals surface area contributed by atoms with Crippen LogP contribution in [0, 0.1) is 0 Å². The highest BCUT2D eigenvalue weighted by Crippen LogP contribution is 2.25. The Balaban J connectivity index is 2.07. The number of aromatic nitrogens is 1. The van der Waals surface area contributed by atoms with E-state index in [0.717, 1.165) is 12.8 Å². The van der Waals surface area contributed by atoms with Crippen LogP contribution >= 0.6 is 22.7 Å². The van der Waals surface area contributed by atoms with Gasteiger partial charge in [0, 0.05) is 27.2 Å². The van der Waals surface area contributed by atoms with Crippen molar-refractivity contribution >= 4 is 22.7 Å². The Morgan fingerprint density at radius 2 is 2.25 bits per heavy atom. The summed E-state index contributed by atoms with van der Waals surface area (Å²) >= 11 is 3.50. The molecule has 1 unspecified atom stereocenters. The number of thiophene rings is 1. The Labute approximate surface area is 103 Å². The second-order valence-electron chi connectivity index (χ2n) is 3.55. The Morgan fingerprint density at radius 1 is 1.44 bits per heavy atom. The van der Waals surface area contributed by atoms with Crippen molar-refractivity contribution in [2.45, 2.75) is 25.8 Å². The first-order chi connectivity index (χ1) is 7.83. The molecule has 0 saturated heterocycles. The summed E-state index contributed by atoms with van der Waals surface area (Å²) in [4.78, 5) is 8.06. The maximum absolute atomic E-state index is 5.58. The van der Waals surface area contributed by atoms with Gasteiger partial charge in [-0.2, -0.15) is 0 Å². The summed E-state index contributed by atoms with van der Waals surface area (Å²) in [5.74, 6) is 5.58. The second kappa shape index (κ2) is 5.54. The smallest absolute Gasteiger partial charge is 0.0794 e. The summed E-state index contributed by atoms with van der Waals surface area (Å²) in [6, 6.07) is 4.56. The first-order valence-corrected chi connectivity index (χ1v) is 6.95. The van der Waals surface area contributed by atoms with E-state index in [1.807, 2.05) is 23.0 Å². The summed E-state index contributed by atoms with van der Waals surface area (Å²) in [5, 5.41) is 0. The van der Waals surface area contributed by atoms with Crippen LogP contribution in [0.25, 0.3) is 0 Å². The van der Waals surface area contributed by atoms with Crippen LogP contribution in [0.2, 0.25) is 0 Å². The highest BCUT2D eigenvalue weighted by atomic mass is 32.1. The average Bonchev–Trinajstić information content (AvgIpc) is 2.96. The fourth-order valence-electron chi connectivity index (χ4n) is 1.56. The first kappa shape index (κ1) is 11.7. The highest BCUT2D eigenvalue weighted by molar-refractivity contribution is 7.12. The Kier molecular flexibility index (Phi) is 4.06. The van der Waals surface area contributed by atoms with Gasteiger partial charge in [-0.15, -0.1) is 22.7 Å². The van der Waals surface area contributed by atoms with Crippen molar-refractivity contribution in [2.75, 3.05) is 0 Å². The minimum Gasteiger partial charge on any atom is -0.271 e. The van der Waals surface area contributed by atoms with Crippen LogP contribution in [0.5, 0.6) is 0 Å². The van der Waals surface area contributed by atoms with Gasteiger partial charge >= 0.3 is 0 Å². The molecule has 5 heteroatoms. The van der Waals surface area contributed by atoms with Gasteiger partial charge in [-0.25, -0.2) is 0 Å². The minimum atomic E-state index is 0.177. The maximum atomic E-state index is 5.58. The molecule has 2 aromatic rings. The standard InChI is InChI=1S/C11H15N3S2/c1-2-8-3-4-9(16-8)5-10(14-12)11-6-13-7-15-11/h3-4,6-7,10,14H,2,5,12H2,1H3. The molecule has 0 aromatic carbocycles. The lowest BCUT2D eigenvalue weighted by Gasteiger charge is -2.11. The molecule has 0 aliphatic heterocycles. The van der Waals surface area contributed by atoms with Crippen LogP contribution in [0.1, 0.15) is 27.6 Å². The summed E-state index contributed by atoms with van der Waals surface area (Å²) in [6.07, 6.45) is 3.92. The largest absolute Gasteiger partial charge is 0.271 e. The number of hydrogen-bond acceptors (Lipinski definition) is 5. The summed E-state index contributed by atoms with van der Waals surface area (Å²) in [7, 11) is 0. The van der Waals surface area contributed by atoms with Crippen LogP contribution < -0.4 is 11.3 Å². The molecule has 0 aliphatic carbocycles. The molecular weight excluding hydrogens is 238 g/mol. The van der Waals surface area contributed by atoms with E-state index in [4.69, 9.17) is 5.84 Å². The van der Waals surface area contributed by atoms with Crippen LogP contribution in [0.4, 0.5) is 0 Å². The van der Waals surface area contributed by atoms with Gasteiger partial charge in [0.2, 0.25) is 0 Å². The molecule has 3 N–H and O–H groups in total. The van der Waals surface area contributed by atoms with Gasteiger partial charge in [0.05, 0.1) is 11.6 Å². The molecule has 0 radical (unpaired) electrons. The van der Waals surface area contributed by atoms with E-state index in [-0.39, 0.29) is 6.04 Å². The predicted octanol–water partition coefficient (Wildman–Crippen LogP) is 2.51. The third-order valence-corrected chi connectivity index (χ3v) is 4.61. The van der Waals surface area contributed by atoms with Gasteiger partial charge in [0.25, 0.3) is 0 Å². The van der Waals surface area contributed by atoms with Gasteiger partial charge in [-0.3, -0.25) is 16.3 Å². The van der Waals surface area contributed by atoms with E-state index in [9.17, 15) is 0 Å². The number of hydrogen-bond donors (Lipinski definition) is 2. The lowest BCUT2D eigenvalue weighted by Crippen LogP contribution is -2.28. The zero-order valence-electron chi connectivity index (χ0n) is 9.14. The third kappa shape index (κ3) is 2.68. The number of nitrogens with two attached hydrogens (primary N) is 1. The van der Waals surface area contributed by atoms with Gasteiger partial charge in [0.15, 0.2) is 0 Å². The van der Waals surface area contributed by atoms with E-state index in [0.29, 0.717) is 0 Å². The zero-order chi connectivity index (χ0) is 11.4. The fraction of sp³-hybridized carbons (Fsp3) is 0.364. The van der Waals surface area contributed by atoms with Crippen LogP contribution in [-0.2, 0) is 12.8 Å². The van der Waals surface area contributed by atoms with Crippen molar-refractivity contribution in [1.29, 1.82) is 0 Å². The molecule has 16 heavy (non-hydrogen) atoms. The van der Waals surface area contributed by atoms with E-state index in [1.165, 1.54) is 14.6 Å². The van der Waals surface area contributed by atoms with Gasteiger partial charge in [0.1, 0.15) is 0 Å². The van der Waals surface area contributed by atoms with E-state index in [1.54, 1.807) is 11.3 Å². The van der Waals surface area contributed by atoms with Crippen molar-refractivity contribution in [3.05, 3.63) is 38.5 Å². The number of rotatable bonds is 5. The SMILES string of the molecule is CCc1ccc(CC(NN)c2cncs2)s1. The molecule has 0 amide bonds. The molecule has 2 aromatic heterocycles. The minimum absolute atomic E-state index is 0.177. The number of nitrogens with one attached hydrogen (secondary N) is 1.